The quantitative estimate of drug-likeness (QED) is 0.819. The Kier molecular flexibility index (Phi) is 5.71. The first-order chi connectivity index (χ1) is 13.6. The lowest BCUT2D eigenvalue weighted by Gasteiger charge is -2.40. The molecule has 2 N–H and O–H groups in total. The molecule has 1 atom stereocenters. The maximum absolute atomic E-state index is 11.1. The van der Waals surface area contributed by atoms with Gasteiger partial charge in [-0.25, -0.2) is 9.97 Å². The van der Waals surface area contributed by atoms with Crippen molar-refractivity contribution in [2.45, 2.75) is 43.7 Å². The molecule has 3 heterocycles. The fraction of sp³-hybridized carbons (Fsp3) is 0.524. The second-order valence-electron chi connectivity index (χ2n) is 7.76. The van der Waals surface area contributed by atoms with E-state index >= 15 is 0 Å². The fourth-order valence-electron chi connectivity index (χ4n) is 4.37. The van der Waals surface area contributed by atoms with Crippen LogP contribution in [0.1, 0.15) is 37.7 Å². The van der Waals surface area contributed by atoms with Gasteiger partial charge in [-0.05, 0) is 38.2 Å². The van der Waals surface area contributed by atoms with Crippen molar-refractivity contribution >= 4 is 23.2 Å². The second kappa shape index (κ2) is 8.23. The van der Waals surface area contributed by atoms with Crippen molar-refractivity contribution in [1.29, 1.82) is 0 Å². The van der Waals surface area contributed by atoms with Crippen LogP contribution in [0.25, 0.3) is 0 Å². The molecule has 150 valence electrons. The number of piperidine rings is 2. The van der Waals surface area contributed by atoms with E-state index in [9.17, 15) is 10.2 Å². The third-order valence-electron chi connectivity index (χ3n) is 6.06. The number of anilines is 2. The molecule has 1 aromatic heterocycles. The van der Waals surface area contributed by atoms with Crippen LogP contribution in [-0.4, -0.2) is 52.5 Å². The van der Waals surface area contributed by atoms with Gasteiger partial charge >= 0.3 is 0 Å². The molecule has 1 unspecified atom stereocenters. The van der Waals surface area contributed by atoms with Gasteiger partial charge in [0.1, 0.15) is 18.0 Å². The SMILES string of the molecule is OCC1CCCCN1c1cc(N2CCC(O)(c3ccccc3Cl)CC2)ncn1. The molecule has 2 aliphatic heterocycles. The predicted octanol–water partition coefficient (Wildman–Crippen LogP) is 2.97. The van der Waals surface area contributed by atoms with Gasteiger partial charge in [-0.2, -0.15) is 0 Å². The Morgan fingerprint density at radius 3 is 2.57 bits per heavy atom. The summed E-state index contributed by atoms with van der Waals surface area (Å²) in [5.41, 5.74) is -0.0988. The molecule has 1 aromatic carbocycles. The van der Waals surface area contributed by atoms with Crippen molar-refractivity contribution in [2.24, 2.45) is 0 Å². The first kappa shape index (κ1) is 19.4. The van der Waals surface area contributed by atoms with E-state index in [1.165, 1.54) is 0 Å². The smallest absolute Gasteiger partial charge is 0.134 e. The van der Waals surface area contributed by atoms with Crippen LogP contribution < -0.4 is 9.80 Å². The van der Waals surface area contributed by atoms with Crippen LogP contribution in [0, 0.1) is 0 Å². The predicted molar refractivity (Wildman–Crippen MR) is 111 cm³/mol. The Morgan fingerprint density at radius 2 is 1.82 bits per heavy atom. The molecule has 0 spiro atoms. The maximum Gasteiger partial charge on any atom is 0.134 e. The highest BCUT2D eigenvalue weighted by molar-refractivity contribution is 6.31. The number of hydrogen-bond donors (Lipinski definition) is 2. The Hall–Kier alpha value is -1.89. The Morgan fingerprint density at radius 1 is 1.07 bits per heavy atom. The molecule has 0 aliphatic carbocycles. The summed E-state index contributed by atoms with van der Waals surface area (Å²) in [6.07, 6.45) is 6.04. The van der Waals surface area contributed by atoms with Gasteiger partial charge in [0.05, 0.1) is 18.2 Å². The van der Waals surface area contributed by atoms with E-state index in [0.29, 0.717) is 31.0 Å². The standard InChI is InChI=1S/C21H27ClN4O2/c22-18-7-2-1-6-17(18)21(28)8-11-25(12-9-21)19-13-20(24-15-23-19)26-10-4-3-5-16(26)14-27/h1-2,6-7,13,15-16,27-28H,3-5,8-12,14H2. The zero-order valence-electron chi connectivity index (χ0n) is 16.0. The number of halogens is 1. The molecule has 0 saturated carbocycles. The molecule has 2 fully saturated rings. The summed E-state index contributed by atoms with van der Waals surface area (Å²) in [7, 11) is 0. The monoisotopic (exact) mass is 402 g/mol. The summed E-state index contributed by atoms with van der Waals surface area (Å²) in [4.78, 5) is 13.3. The van der Waals surface area contributed by atoms with E-state index in [-0.39, 0.29) is 12.6 Å². The normalized spacial score (nSPS) is 22.3. The summed E-state index contributed by atoms with van der Waals surface area (Å²) in [5.74, 6) is 1.74. The number of aliphatic hydroxyl groups is 2. The third-order valence-corrected chi connectivity index (χ3v) is 6.39. The minimum Gasteiger partial charge on any atom is -0.394 e. The molecule has 7 heteroatoms. The molecule has 2 aliphatic rings. The average Bonchev–Trinajstić information content (AvgIpc) is 2.74. The van der Waals surface area contributed by atoms with Gasteiger partial charge in [-0.1, -0.05) is 29.8 Å². The summed E-state index contributed by atoms with van der Waals surface area (Å²) in [6, 6.07) is 9.67. The van der Waals surface area contributed by atoms with Crippen molar-refractivity contribution in [3.05, 3.63) is 47.2 Å². The number of aromatic nitrogens is 2. The van der Waals surface area contributed by atoms with E-state index in [2.05, 4.69) is 19.8 Å². The largest absolute Gasteiger partial charge is 0.394 e. The number of hydrogen-bond acceptors (Lipinski definition) is 6. The molecule has 2 aromatic rings. The summed E-state index contributed by atoms with van der Waals surface area (Å²) in [5, 5.41) is 21.4. The molecule has 0 amide bonds. The fourth-order valence-corrected chi connectivity index (χ4v) is 4.68. The lowest BCUT2D eigenvalue weighted by atomic mass is 9.84. The molecular formula is C21H27ClN4O2. The number of rotatable bonds is 4. The number of aliphatic hydroxyl groups excluding tert-OH is 1. The van der Waals surface area contributed by atoms with Crippen molar-refractivity contribution in [1.82, 2.24) is 9.97 Å². The van der Waals surface area contributed by atoms with Crippen LogP contribution in [0.3, 0.4) is 0 Å². The van der Waals surface area contributed by atoms with E-state index in [0.717, 1.165) is 43.0 Å². The summed E-state index contributed by atoms with van der Waals surface area (Å²) >= 11 is 6.31. The van der Waals surface area contributed by atoms with Gasteiger partial charge in [0.15, 0.2) is 0 Å². The molecular weight excluding hydrogens is 376 g/mol. The van der Waals surface area contributed by atoms with Crippen molar-refractivity contribution in [3.63, 3.8) is 0 Å². The van der Waals surface area contributed by atoms with E-state index in [1.54, 1.807) is 6.33 Å². The summed E-state index contributed by atoms with van der Waals surface area (Å²) < 4.78 is 0. The van der Waals surface area contributed by atoms with E-state index in [1.807, 2.05) is 30.3 Å². The van der Waals surface area contributed by atoms with Gasteiger partial charge in [0, 0.05) is 36.3 Å². The highest BCUT2D eigenvalue weighted by Crippen LogP contribution is 2.38. The van der Waals surface area contributed by atoms with Crippen LogP contribution in [-0.2, 0) is 5.60 Å². The van der Waals surface area contributed by atoms with E-state index in [4.69, 9.17) is 11.6 Å². The molecule has 28 heavy (non-hydrogen) atoms. The van der Waals surface area contributed by atoms with Gasteiger partial charge in [0.25, 0.3) is 0 Å². The zero-order valence-corrected chi connectivity index (χ0v) is 16.7. The van der Waals surface area contributed by atoms with E-state index < -0.39 is 5.60 Å². The van der Waals surface area contributed by atoms with Gasteiger partial charge in [-0.3, -0.25) is 0 Å². The Balaban J connectivity index is 1.49. The first-order valence-electron chi connectivity index (χ1n) is 10.0. The van der Waals surface area contributed by atoms with Crippen LogP contribution in [0.5, 0.6) is 0 Å². The van der Waals surface area contributed by atoms with Crippen LogP contribution in [0.2, 0.25) is 5.02 Å². The van der Waals surface area contributed by atoms with Gasteiger partial charge in [0.2, 0.25) is 0 Å². The topological polar surface area (TPSA) is 72.7 Å². The van der Waals surface area contributed by atoms with Crippen molar-refractivity contribution < 1.29 is 10.2 Å². The first-order valence-corrected chi connectivity index (χ1v) is 10.4. The molecule has 4 rings (SSSR count). The Labute approximate surface area is 170 Å². The van der Waals surface area contributed by atoms with Crippen molar-refractivity contribution in [3.8, 4) is 0 Å². The molecule has 2 saturated heterocycles. The van der Waals surface area contributed by atoms with Gasteiger partial charge in [-0.15, -0.1) is 0 Å². The average molecular weight is 403 g/mol. The van der Waals surface area contributed by atoms with Crippen LogP contribution >= 0.6 is 11.6 Å². The maximum atomic E-state index is 11.1. The zero-order chi connectivity index (χ0) is 19.6. The highest BCUT2D eigenvalue weighted by Gasteiger charge is 2.36. The second-order valence-corrected chi connectivity index (χ2v) is 8.17. The minimum atomic E-state index is -0.903. The minimum absolute atomic E-state index is 0.128. The molecule has 6 nitrogen and oxygen atoms in total. The van der Waals surface area contributed by atoms with Gasteiger partial charge < -0.3 is 20.0 Å². The number of nitrogens with zero attached hydrogens (tertiary/aromatic N) is 4. The number of benzene rings is 1. The lowest BCUT2D eigenvalue weighted by Crippen LogP contribution is -2.44. The molecule has 0 radical (unpaired) electrons. The van der Waals surface area contributed by atoms with Crippen LogP contribution in [0.4, 0.5) is 11.6 Å². The molecule has 0 bridgehead atoms. The lowest BCUT2D eigenvalue weighted by molar-refractivity contribution is 0.0117. The highest BCUT2D eigenvalue weighted by atomic mass is 35.5. The summed E-state index contributed by atoms with van der Waals surface area (Å²) in [6.45, 7) is 2.45. The Bertz CT molecular complexity index is 810. The third kappa shape index (κ3) is 3.81. The van der Waals surface area contributed by atoms with Crippen molar-refractivity contribution in [2.75, 3.05) is 36.0 Å². The van der Waals surface area contributed by atoms with Crippen LogP contribution in [0.15, 0.2) is 36.7 Å².